The Morgan fingerprint density at radius 3 is 2.04 bits per heavy atom. The van der Waals surface area contributed by atoms with E-state index in [0.717, 1.165) is 36.1 Å². The van der Waals surface area contributed by atoms with E-state index < -0.39 is 5.60 Å². The van der Waals surface area contributed by atoms with Crippen LogP contribution < -0.4 is 0 Å². The Bertz CT molecular complexity index is 854. The number of imide groups is 1. The van der Waals surface area contributed by atoms with Gasteiger partial charge in [-0.2, -0.15) is 0 Å². The van der Waals surface area contributed by atoms with Gasteiger partial charge in [0.1, 0.15) is 0 Å². The molecule has 6 heteroatoms. The standard InChI is InChI=1S/C22H23BrN2O3/c23-17-8-6-16(7-9-17)22(28)10-14-24(15-11-22)12-3-13-25-20(26)18-4-1-2-5-19(18)21(25)27/h1-2,4-9,28H,3,10-15H2. The first-order valence-corrected chi connectivity index (χ1v) is 10.4. The third-order valence-corrected chi connectivity index (χ3v) is 6.33. The number of hydrogen-bond acceptors (Lipinski definition) is 4. The summed E-state index contributed by atoms with van der Waals surface area (Å²) in [6.45, 7) is 2.84. The minimum Gasteiger partial charge on any atom is -0.385 e. The van der Waals surface area contributed by atoms with Crippen LogP contribution in [-0.2, 0) is 5.60 Å². The second-order valence-corrected chi connectivity index (χ2v) is 8.46. The first-order valence-electron chi connectivity index (χ1n) is 9.64. The van der Waals surface area contributed by atoms with Crippen molar-refractivity contribution in [1.29, 1.82) is 0 Å². The van der Waals surface area contributed by atoms with Crippen molar-refractivity contribution in [3.8, 4) is 0 Å². The molecule has 2 heterocycles. The summed E-state index contributed by atoms with van der Waals surface area (Å²) in [5, 5.41) is 11.0. The van der Waals surface area contributed by atoms with Crippen LogP contribution >= 0.6 is 15.9 Å². The van der Waals surface area contributed by atoms with Crippen LogP contribution in [0.4, 0.5) is 0 Å². The molecule has 28 heavy (non-hydrogen) atoms. The highest BCUT2D eigenvalue weighted by atomic mass is 79.9. The maximum absolute atomic E-state index is 12.4. The van der Waals surface area contributed by atoms with Gasteiger partial charge in [-0.3, -0.25) is 14.5 Å². The number of hydrogen-bond donors (Lipinski definition) is 1. The molecule has 0 radical (unpaired) electrons. The number of fused-ring (bicyclic) bond motifs is 1. The fraction of sp³-hybridized carbons (Fsp3) is 0.364. The molecule has 1 N–H and O–H groups in total. The van der Waals surface area contributed by atoms with Gasteiger partial charge in [-0.1, -0.05) is 40.2 Å². The normalized spacial score (nSPS) is 19.1. The molecule has 0 bridgehead atoms. The van der Waals surface area contributed by atoms with Crippen LogP contribution in [0.3, 0.4) is 0 Å². The predicted molar refractivity (Wildman–Crippen MR) is 110 cm³/mol. The number of piperidine rings is 1. The van der Waals surface area contributed by atoms with Crippen molar-refractivity contribution >= 4 is 27.7 Å². The smallest absolute Gasteiger partial charge is 0.261 e. The minimum atomic E-state index is -0.778. The third kappa shape index (κ3) is 3.64. The Labute approximate surface area is 173 Å². The molecule has 2 aliphatic rings. The van der Waals surface area contributed by atoms with Gasteiger partial charge < -0.3 is 10.0 Å². The van der Waals surface area contributed by atoms with Gasteiger partial charge in [-0.15, -0.1) is 0 Å². The molecular weight excluding hydrogens is 420 g/mol. The summed E-state index contributed by atoms with van der Waals surface area (Å²) in [7, 11) is 0. The highest BCUT2D eigenvalue weighted by Gasteiger charge is 2.36. The molecule has 146 valence electrons. The first kappa shape index (κ1) is 19.3. The van der Waals surface area contributed by atoms with Gasteiger partial charge in [0.05, 0.1) is 16.7 Å². The van der Waals surface area contributed by atoms with Gasteiger partial charge in [0.15, 0.2) is 0 Å². The summed E-state index contributed by atoms with van der Waals surface area (Å²) < 4.78 is 1.01. The van der Waals surface area contributed by atoms with Crippen molar-refractivity contribution in [1.82, 2.24) is 9.80 Å². The second kappa shape index (κ2) is 7.78. The van der Waals surface area contributed by atoms with Crippen molar-refractivity contribution in [3.63, 3.8) is 0 Å². The fourth-order valence-corrected chi connectivity index (χ4v) is 4.35. The summed E-state index contributed by atoms with van der Waals surface area (Å²) in [6.07, 6.45) is 2.10. The molecule has 0 unspecified atom stereocenters. The number of amides is 2. The number of halogens is 1. The lowest BCUT2D eigenvalue weighted by Crippen LogP contribution is -2.43. The highest BCUT2D eigenvalue weighted by Crippen LogP contribution is 2.33. The Kier molecular flexibility index (Phi) is 5.36. The SMILES string of the molecule is O=C1c2ccccc2C(=O)N1CCCN1CCC(O)(c2ccc(Br)cc2)CC1. The van der Waals surface area contributed by atoms with E-state index in [1.165, 1.54) is 4.90 Å². The monoisotopic (exact) mass is 442 g/mol. The maximum Gasteiger partial charge on any atom is 0.261 e. The number of likely N-dealkylation sites (tertiary alicyclic amines) is 1. The molecular formula is C22H23BrN2O3. The first-order chi connectivity index (χ1) is 13.5. The molecule has 2 amide bonds. The summed E-state index contributed by atoms with van der Waals surface area (Å²) >= 11 is 3.43. The zero-order valence-corrected chi connectivity index (χ0v) is 17.2. The zero-order chi connectivity index (χ0) is 19.7. The lowest BCUT2D eigenvalue weighted by Gasteiger charge is -2.38. The van der Waals surface area contributed by atoms with Crippen molar-refractivity contribution in [3.05, 3.63) is 69.7 Å². The van der Waals surface area contributed by atoms with Crippen LogP contribution in [0.5, 0.6) is 0 Å². The van der Waals surface area contributed by atoms with E-state index in [4.69, 9.17) is 0 Å². The van der Waals surface area contributed by atoms with E-state index in [2.05, 4.69) is 20.8 Å². The molecule has 0 saturated carbocycles. The van der Waals surface area contributed by atoms with Crippen LogP contribution in [-0.4, -0.2) is 52.9 Å². The number of benzene rings is 2. The third-order valence-electron chi connectivity index (χ3n) is 5.80. The van der Waals surface area contributed by atoms with Gasteiger partial charge in [0.2, 0.25) is 0 Å². The van der Waals surface area contributed by atoms with Gasteiger partial charge in [-0.05, 0) is 55.6 Å². The largest absolute Gasteiger partial charge is 0.385 e. The number of carbonyl (C=O) groups is 2. The Hall–Kier alpha value is -2.02. The molecule has 2 aromatic carbocycles. The summed E-state index contributed by atoms with van der Waals surface area (Å²) in [4.78, 5) is 28.5. The molecule has 1 saturated heterocycles. The molecule has 0 aliphatic carbocycles. The number of nitrogens with zero attached hydrogens (tertiary/aromatic N) is 2. The Balaban J connectivity index is 1.28. The van der Waals surface area contributed by atoms with Crippen molar-refractivity contribution in [2.45, 2.75) is 24.9 Å². The molecule has 1 fully saturated rings. The second-order valence-electron chi connectivity index (χ2n) is 7.54. The fourth-order valence-electron chi connectivity index (χ4n) is 4.09. The molecule has 0 aromatic heterocycles. The Morgan fingerprint density at radius 1 is 0.893 bits per heavy atom. The average molecular weight is 443 g/mol. The molecule has 2 aromatic rings. The van der Waals surface area contributed by atoms with Crippen LogP contribution in [0.15, 0.2) is 53.0 Å². The lowest BCUT2D eigenvalue weighted by molar-refractivity contribution is -0.0261. The van der Waals surface area contributed by atoms with Gasteiger partial charge >= 0.3 is 0 Å². The van der Waals surface area contributed by atoms with Gasteiger partial charge in [0.25, 0.3) is 11.8 Å². The quantitative estimate of drug-likeness (QED) is 0.720. The minimum absolute atomic E-state index is 0.191. The van der Waals surface area contributed by atoms with E-state index >= 15 is 0 Å². The topological polar surface area (TPSA) is 60.9 Å². The molecule has 2 aliphatic heterocycles. The molecule has 5 nitrogen and oxygen atoms in total. The molecule has 0 spiro atoms. The molecule has 0 atom stereocenters. The van der Waals surface area contributed by atoms with Crippen LogP contribution in [0.25, 0.3) is 0 Å². The van der Waals surface area contributed by atoms with Crippen molar-refractivity contribution in [2.75, 3.05) is 26.2 Å². The number of carbonyl (C=O) groups excluding carboxylic acids is 2. The zero-order valence-electron chi connectivity index (χ0n) is 15.6. The highest BCUT2D eigenvalue weighted by molar-refractivity contribution is 9.10. The summed E-state index contributed by atoms with van der Waals surface area (Å²) in [6, 6.07) is 14.9. The van der Waals surface area contributed by atoms with Gasteiger partial charge in [-0.25, -0.2) is 0 Å². The van der Waals surface area contributed by atoms with E-state index in [9.17, 15) is 14.7 Å². The van der Waals surface area contributed by atoms with Crippen LogP contribution in [0, 0.1) is 0 Å². The Morgan fingerprint density at radius 2 is 1.46 bits per heavy atom. The van der Waals surface area contributed by atoms with E-state index in [0.29, 0.717) is 30.5 Å². The summed E-state index contributed by atoms with van der Waals surface area (Å²) in [5.41, 5.74) is 1.19. The van der Waals surface area contributed by atoms with Gasteiger partial charge in [0, 0.05) is 24.1 Å². The number of aliphatic hydroxyl groups is 1. The maximum atomic E-state index is 12.4. The number of rotatable bonds is 5. The predicted octanol–water partition coefficient (Wildman–Crippen LogP) is 3.42. The van der Waals surface area contributed by atoms with Crippen LogP contribution in [0.1, 0.15) is 45.5 Å². The van der Waals surface area contributed by atoms with E-state index in [-0.39, 0.29) is 11.8 Å². The van der Waals surface area contributed by atoms with Crippen molar-refractivity contribution in [2.24, 2.45) is 0 Å². The van der Waals surface area contributed by atoms with Crippen LogP contribution in [0.2, 0.25) is 0 Å². The van der Waals surface area contributed by atoms with E-state index in [1.54, 1.807) is 24.3 Å². The van der Waals surface area contributed by atoms with Crippen molar-refractivity contribution < 1.29 is 14.7 Å². The lowest BCUT2D eigenvalue weighted by atomic mass is 9.84. The summed E-state index contributed by atoms with van der Waals surface area (Å²) in [5.74, 6) is -0.382. The van der Waals surface area contributed by atoms with E-state index in [1.807, 2.05) is 24.3 Å². The molecule has 4 rings (SSSR count). The average Bonchev–Trinajstić information content (AvgIpc) is 2.95.